The van der Waals surface area contributed by atoms with Crippen LogP contribution in [-0.4, -0.2) is 9.97 Å². The van der Waals surface area contributed by atoms with Crippen molar-refractivity contribution in [2.24, 2.45) is 0 Å². The molecule has 0 bridgehead atoms. The minimum absolute atomic E-state index is 0.0667. The fraction of sp³-hybridized carbons (Fsp3) is 0.0476. The van der Waals surface area contributed by atoms with E-state index >= 15 is 0 Å². The molecule has 11 aromatic rings. The van der Waals surface area contributed by atoms with Crippen molar-refractivity contribution in [3.63, 3.8) is 0 Å². The Balaban J connectivity index is 0.997. The van der Waals surface area contributed by atoms with Crippen LogP contribution in [0.1, 0.15) is 25.0 Å². The second-order valence-electron chi connectivity index (χ2n) is 17.7. The zero-order valence-corrected chi connectivity index (χ0v) is 36.3. The van der Waals surface area contributed by atoms with Crippen LogP contribution in [0.2, 0.25) is 0 Å². The summed E-state index contributed by atoms with van der Waals surface area (Å²) in [7, 11) is 0. The summed E-state index contributed by atoms with van der Waals surface area (Å²) in [4.78, 5) is 10.6. The van der Waals surface area contributed by atoms with E-state index in [-0.39, 0.29) is 5.41 Å². The molecule has 1 aliphatic carbocycles. The highest BCUT2D eigenvalue weighted by Gasteiger charge is 2.35. The Kier molecular flexibility index (Phi) is 9.21. The molecule has 0 amide bonds. The Morgan fingerprint density at radius 3 is 1.37 bits per heavy atom. The first-order valence-corrected chi connectivity index (χ1v) is 22.5. The maximum absolute atomic E-state index is 5.33. The van der Waals surface area contributed by atoms with Gasteiger partial charge in [-0.2, -0.15) is 0 Å². The van der Waals surface area contributed by atoms with Crippen LogP contribution in [0, 0.1) is 0 Å². The van der Waals surface area contributed by atoms with Crippen molar-refractivity contribution in [1.82, 2.24) is 9.97 Å². The Morgan fingerprint density at radius 1 is 0.262 bits per heavy atom. The number of fused-ring (bicyclic) bond motifs is 5. The predicted octanol–water partition coefficient (Wildman–Crippen LogP) is 16.8. The Bertz CT molecular complexity index is 3610. The van der Waals surface area contributed by atoms with Gasteiger partial charge in [0.2, 0.25) is 0 Å². The maximum atomic E-state index is 5.33. The summed E-state index contributed by atoms with van der Waals surface area (Å²) in [5, 5.41) is 4.80. The van der Waals surface area contributed by atoms with Crippen LogP contribution >= 0.6 is 0 Å². The minimum Gasteiger partial charge on any atom is -0.228 e. The molecule has 0 fully saturated rings. The number of hydrogen-bond acceptors (Lipinski definition) is 2. The quantitative estimate of drug-likeness (QED) is 0.160. The second kappa shape index (κ2) is 15.6. The van der Waals surface area contributed by atoms with Gasteiger partial charge >= 0.3 is 0 Å². The normalized spacial score (nSPS) is 12.6. The molecule has 0 atom stereocenters. The molecule has 0 radical (unpaired) electrons. The van der Waals surface area contributed by atoms with E-state index in [0.717, 1.165) is 44.6 Å². The molecule has 1 aromatic heterocycles. The van der Waals surface area contributed by atoms with Crippen molar-refractivity contribution in [2.45, 2.75) is 19.3 Å². The van der Waals surface area contributed by atoms with E-state index in [1.807, 2.05) is 6.07 Å². The summed E-state index contributed by atoms with van der Waals surface area (Å²) >= 11 is 0. The molecule has 0 unspecified atom stereocenters. The number of aromatic nitrogens is 2. The van der Waals surface area contributed by atoms with E-state index in [1.54, 1.807) is 0 Å². The molecule has 10 aromatic carbocycles. The standard InChI is InChI=1S/C63H44N2/c1-63(2)58-29-17-16-28-54(58)55-33-30-44(39-59(55)63)47-34-35-52(49-25-13-12-24-48(47)49)53-36-37-56(51-27-15-14-26-50(51)53)61-40-60(64-62(65-61)43-22-10-5-11-23-43)45-31-32-46(41-18-6-3-7-19-41)57(38-45)42-20-8-4-9-21-42/h3-40H,1-2H3. The fourth-order valence-corrected chi connectivity index (χ4v) is 10.3. The van der Waals surface area contributed by atoms with E-state index in [0.29, 0.717) is 5.82 Å². The summed E-state index contributed by atoms with van der Waals surface area (Å²) in [6.45, 7) is 4.71. The van der Waals surface area contributed by atoms with Gasteiger partial charge in [0.1, 0.15) is 0 Å². The van der Waals surface area contributed by atoms with Crippen LogP contribution in [0.25, 0.3) is 111 Å². The summed E-state index contributed by atoms with van der Waals surface area (Å²) in [6, 6.07) is 83.3. The molecule has 306 valence electrons. The lowest BCUT2D eigenvalue weighted by molar-refractivity contribution is 0.660. The third kappa shape index (κ3) is 6.57. The summed E-state index contributed by atoms with van der Waals surface area (Å²) in [5.74, 6) is 0.695. The molecule has 1 aliphatic rings. The van der Waals surface area contributed by atoms with Gasteiger partial charge in [-0.3, -0.25) is 0 Å². The van der Waals surface area contributed by atoms with Gasteiger partial charge in [0.05, 0.1) is 11.4 Å². The smallest absolute Gasteiger partial charge is 0.160 e. The zero-order valence-electron chi connectivity index (χ0n) is 36.3. The third-order valence-corrected chi connectivity index (χ3v) is 13.6. The summed E-state index contributed by atoms with van der Waals surface area (Å²) in [5.41, 5.74) is 19.8. The lowest BCUT2D eigenvalue weighted by Crippen LogP contribution is -2.14. The minimum atomic E-state index is -0.0667. The number of benzene rings is 10. The van der Waals surface area contributed by atoms with Crippen molar-refractivity contribution < 1.29 is 0 Å². The van der Waals surface area contributed by atoms with Crippen molar-refractivity contribution >= 4 is 21.5 Å². The first kappa shape index (κ1) is 38.5. The molecule has 1 heterocycles. The summed E-state index contributed by atoms with van der Waals surface area (Å²) in [6.07, 6.45) is 0. The molecular weight excluding hydrogens is 785 g/mol. The number of hydrogen-bond donors (Lipinski definition) is 0. The molecule has 0 aliphatic heterocycles. The lowest BCUT2D eigenvalue weighted by atomic mass is 9.81. The average molecular weight is 829 g/mol. The molecule has 2 nitrogen and oxygen atoms in total. The monoisotopic (exact) mass is 828 g/mol. The molecule has 0 saturated carbocycles. The first-order chi connectivity index (χ1) is 32.0. The van der Waals surface area contributed by atoms with Gasteiger partial charge in [-0.05, 0) is 107 Å². The topological polar surface area (TPSA) is 25.8 Å². The average Bonchev–Trinajstić information content (AvgIpc) is 3.61. The van der Waals surface area contributed by atoms with Gasteiger partial charge in [0.15, 0.2) is 5.82 Å². The van der Waals surface area contributed by atoms with Crippen molar-refractivity contribution in [1.29, 1.82) is 0 Å². The van der Waals surface area contributed by atoms with Crippen LogP contribution in [0.5, 0.6) is 0 Å². The van der Waals surface area contributed by atoms with Crippen LogP contribution in [-0.2, 0) is 5.41 Å². The van der Waals surface area contributed by atoms with Crippen LogP contribution < -0.4 is 0 Å². The highest BCUT2D eigenvalue weighted by atomic mass is 14.9. The fourth-order valence-electron chi connectivity index (χ4n) is 10.3. The second-order valence-corrected chi connectivity index (χ2v) is 17.7. The molecule has 0 N–H and O–H groups in total. The number of nitrogens with zero attached hydrogens (tertiary/aromatic N) is 2. The van der Waals surface area contributed by atoms with Crippen molar-refractivity contribution in [2.75, 3.05) is 0 Å². The van der Waals surface area contributed by atoms with E-state index in [4.69, 9.17) is 9.97 Å². The van der Waals surface area contributed by atoms with Crippen molar-refractivity contribution in [3.05, 3.63) is 242 Å². The highest BCUT2D eigenvalue weighted by molar-refractivity contribution is 6.12. The number of rotatable bonds is 7. The van der Waals surface area contributed by atoms with E-state index < -0.39 is 0 Å². The van der Waals surface area contributed by atoms with Crippen LogP contribution in [0.15, 0.2) is 231 Å². The molecule has 65 heavy (non-hydrogen) atoms. The molecular formula is C63H44N2. The third-order valence-electron chi connectivity index (χ3n) is 13.6. The van der Waals surface area contributed by atoms with E-state index in [2.05, 4.69) is 238 Å². The van der Waals surface area contributed by atoms with Gasteiger partial charge in [-0.15, -0.1) is 0 Å². The van der Waals surface area contributed by atoms with Gasteiger partial charge < -0.3 is 0 Å². The molecule has 0 spiro atoms. The van der Waals surface area contributed by atoms with Gasteiger partial charge in [0, 0.05) is 22.1 Å². The van der Waals surface area contributed by atoms with Crippen LogP contribution in [0.4, 0.5) is 0 Å². The molecule has 12 rings (SSSR count). The van der Waals surface area contributed by atoms with Gasteiger partial charge in [-0.25, -0.2) is 9.97 Å². The van der Waals surface area contributed by atoms with E-state index in [1.165, 1.54) is 71.8 Å². The molecule has 0 saturated heterocycles. The summed E-state index contributed by atoms with van der Waals surface area (Å²) < 4.78 is 0. The van der Waals surface area contributed by atoms with Gasteiger partial charge in [-0.1, -0.05) is 226 Å². The van der Waals surface area contributed by atoms with Crippen molar-refractivity contribution in [3.8, 4) is 89.5 Å². The Labute approximate surface area is 380 Å². The Hall–Kier alpha value is -8.20. The SMILES string of the molecule is CC1(C)c2ccccc2-c2ccc(-c3ccc(-c4ccc(-c5cc(-c6ccc(-c7ccccc7)c(-c7ccccc7)c6)nc(-c6ccccc6)n5)c5ccccc45)c4ccccc34)cc21. The Morgan fingerprint density at radius 2 is 0.708 bits per heavy atom. The predicted molar refractivity (Wildman–Crippen MR) is 273 cm³/mol. The maximum Gasteiger partial charge on any atom is 0.160 e. The largest absolute Gasteiger partial charge is 0.228 e. The molecule has 2 heteroatoms. The zero-order chi connectivity index (χ0) is 43.5. The first-order valence-electron chi connectivity index (χ1n) is 22.5. The van der Waals surface area contributed by atoms with Crippen LogP contribution in [0.3, 0.4) is 0 Å². The highest BCUT2D eigenvalue weighted by Crippen LogP contribution is 2.50. The lowest BCUT2D eigenvalue weighted by Gasteiger charge is -2.22. The van der Waals surface area contributed by atoms with Gasteiger partial charge in [0.25, 0.3) is 0 Å². The van der Waals surface area contributed by atoms with E-state index in [9.17, 15) is 0 Å².